The van der Waals surface area contributed by atoms with E-state index >= 15 is 0 Å². The van der Waals surface area contributed by atoms with Gasteiger partial charge < -0.3 is 19.9 Å². The standard InChI is InChI=1S/C19H31N3O3/c1-7-18(23)20-16-8-9-17(21(4)5)15(12-16)13-22(10-11-25-6)19(24)14(2)3/h8-9,12,14H,7,10-11,13H2,1-6H3,(H,20,23). The van der Waals surface area contributed by atoms with Crippen LogP contribution in [-0.2, 0) is 20.9 Å². The molecule has 0 saturated heterocycles. The van der Waals surface area contributed by atoms with Crippen LogP contribution >= 0.6 is 0 Å². The maximum atomic E-state index is 12.5. The number of amides is 2. The lowest BCUT2D eigenvalue weighted by molar-refractivity contribution is -0.135. The zero-order valence-electron chi connectivity index (χ0n) is 16.3. The first-order valence-electron chi connectivity index (χ1n) is 8.67. The molecule has 2 amide bonds. The Hall–Kier alpha value is -2.08. The summed E-state index contributed by atoms with van der Waals surface area (Å²) in [7, 11) is 5.56. The monoisotopic (exact) mass is 349 g/mol. The number of carbonyl (C=O) groups is 2. The van der Waals surface area contributed by atoms with Crippen LogP contribution in [0.3, 0.4) is 0 Å². The lowest BCUT2D eigenvalue weighted by Gasteiger charge is -2.27. The van der Waals surface area contributed by atoms with Crippen molar-refractivity contribution in [2.24, 2.45) is 5.92 Å². The van der Waals surface area contributed by atoms with Crippen molar-refractivity contribution < 1.29 is 14.3 Å². The van der Waals surface area contributed by atoms with Crippen LogP contribution in [0.2, 0.25) is 0 Å². The molecule has 0 saturated carbocycles. The third kappa shape index (κ3) is 6.38. The molecule has 1 rings (SSSR count). The molecule has 0 radical (unpaired) electrons. The van der Waals surface area contributed by atoms with Crippen LogP contribution < -0.4 is 10.2 Å². The third-order valence-electron chi connectivity index (χ3n) is 3.90. The van der Waals surface area contributed by atoms with Gasteiger partial charge in [-0.25, -0.2) is 0 Å². The fourth-order valence-electron chi connectivity index (χ4n) is 2.51. The summed E-state index contributed by atoms with van der Waals surface area (Å²) in [6, 6.07) is 5.79. The molecule has 140 valence electrons. The molecule has 0 fully saturated rings. The van der Waals surface area contributed by atoms with Gasteiger partial charge in [0.2, 0.25) is 11.8 Å². The molecule has 6 nitrogen and oxygen atoms in total. The molecule has 0 aliphatic heterocycles. The molecule has 0 aromatic heterocycles. The predicted octanol–water partition coefficient (Wildman–Crippen LogP) is 2.73. The van der Waals surface area contributed by atoms with Crippen LogP contribution in [0.25, 0.3) is 0 Å². The summed E-state index contributed by atoms with van der Waals surface area (Å²) >= 11 is 0. The van der Waals surface area contributed by atoms with E-state index < -0.39 is 0 Å². The van der Waals surface area contributed by atoms with Crippen molar-refractivity contribution in [2.45, 2.75) is 33.7 Å². The highest BCUT2D eigenvalue weighted by Crippen LogP contribution is 2.25. The number of carbonyl (C=O) groups excluding carboxylic acids is 2. The second-order valence-corrected chi connectivity index (χ2v) is 6.55. The van der Waals surface area contributed by atoms with Gasteiger partial charge >= 0.3 is 0 Å². The van der Waals surface area contributed by atoms with E-state index in [2.05, 4.69) is 5.32 Å². The number of methoxy groups -OCH3 is 1. The molecule has 1 aromatic carbocycles. The van der Waals surface area contributed by atoms with Crippen molar-refractivity contribution in [1.29, 1.82) is 0 Å². The molecular weight excluding hydrogens is 318 g/mol. The normalized spacial score (nSPS) is 10.7. The van der Waals surface area contributed by atoms with Gasteiger partial charge in [0.1, 0.15) is 0 Å². The van der Waals surface area contributed by atoms with Gasteiger partial charge in [-0.3, -0.25) is 9.59 Å². The number of ether oxygens (including phenoxy) is 1. The number of benzene rings is 1. The molecule has 1 aromatic rings. The maximum absolute atomic E-state index is 12.5. The minimum Gasteiger partial charge on any atom is -0.383 e. The van der Waals surface area contributed by atoms with E-state index in [0.717, 1.165) is 16.9 Å². The van der Waals surface area contributed by atoms with E-state index in [4.69, 9.17) is 4.74 Å². The molecule has 25 heavy (non-hydrogen) atoms. The fourth-order valence-corrected chi connectivity index (χ4v) is 2.51. The van der Waals surface area contributed by atoms with Crippen molar-refractivity contribution in [3.05, 3.63) is 23.8 Å². The zero-order valence-corrected chi connectivity index (χ0v) is 16.3. The first-order valence-corrected chi connectivity index (χ1v) is 8.67. The van der Waals surface area contributed by atoms with Gasteiger partial charge in [0.05, 0.1) is 6.61 Å². The molecule has 0 aliphatic rings. The first-order chi connectivity index (χ1) is 11.8. The van der Waals surface area contributed by atoms with Crippen molar-refractivity contribution in [3.8, 4) is 0 Å². The second kappa shape index (κ2) is 10.0. The Morgan fingerprint density at radius 2 is 1.92 bits per heavy atom. The number of rotatable bonds is 9. The van der Waals surface area contributed by atoms with Gasteiger partial charge in [-0.15, -0.1) is 0 Å². The molecule has 1 N–H and O–H groups in total. The topological polar surface area (TPSA) is 61.9 Å². The highest BCUT2D eigenvalue weighted by molar-refractivity contribution is 5.91. The number of nitrogens with zero attached hydrogens (tertiary/aromatic N) is 2. The molecule has 0 atom stereocenters. The minimum absolute atomic E-state index is 0.0296. The number of anilines is 2. The van der Waals surface area contributed by atoms with Crippen molar-refractivity contribution in [1.82, 2.24) is 4.90 Å². The van der Waals surface area contributed by atoms with Crippen LogP contribution in [0.15, 0.2) is 18.2 Å². The van der Waals surface area contributed by atoms with Gasteiger partial charge in [0.15, 0.2) is 0 Å². The van der Waals surface area contributed by atoms with Crippen LogP contribution in [0.5, 0.6) is 0 Å². The molecule has 0 spiro atoms. The van der Waals surface area contributed by atoms with E-state index in [0.29, 0.717) is 26.1 Å². The highest BCUT2D eigenvalue weighted by atomic mass is 16.5. The Kier molecular flexibility index (Phi) is 8.41. The molecular formula is C19H31N3O3. The highest BCUT2D eigenvalue weighted by Gasteiger charge is 2.19. The summed E-state index contributed by atoms with van der Waals surface area (Å²) in [5, 5.41) is 2.88. The summed E-state index contributed by atoms with van der Waals surface area (Å²) in [4.78, 5) is 28.0. The van der Waals surface area contributed by atoms with Gasteiger partial charge in [0.25, 0.3) is 0 Å². The Morgan fingerprint density at radius 1 is 1.24 bits per heavy atom. The van der Waals surface area contributed by atoms with Gasteiger partial charge in [0, 0.05) is 58.0 Å². The van der Waals surface area contributed by atoms with E-state index in [1.54, 1.807) is 7.11 Å². The summed E-state index contributed by atoms with van der Waals surface area (Å²) in [6.45, 7) is 7.11. The lowest BCUT2D eigenvalue weighted by atomic mass is 10.1. The molecule has 0 heterocycles. The van der Waals surface area contributed by atoms with Crippen molar-refractivity contribution in [2.75, 3.05) is 44.6 Å². The Balaban J connectivity index is 3.13. The summed E-state index contributed by atoms with van der Waals surface area (Å²) in [5.41, 5.74) is 2.76. The molecule has 6 heteroatoms. The molecule has 0 bridgehead atoms. The fraction of sp³-hybridized carbons (Fsp3) is 0.579. The zero-order chi connectivity index (χ0) is 19.0. The lowest BCUT2D eigenvalue weighted by Crippen LogP contribution is -2.36. The van der Waals surface area contributed by atoms with Crippen LogP contribution in [0.1, 0.15) is 32.8 Å². The average Bonchev–Trinajstić information content (AvgIpc) is 2.57. The number of hydrogen-bond donors (Lipinski definition) is 1. The van der Waals surface area contributed by atoms with E-state index in [1.807, 2.05) is 62.9 Å². The second-order valence-electron chi connectivity index (χ2n) is 6.55. The molecule has 0 aliphatic carbocycles. The Morgan fingerprint density at radius 3 is 2.44 bits per heavy atom. The van der Waals surface area contributed by atoms with Crippen molar-refractivity contribution in [3.63, 3.8) is 0 Å². The van der Waals surface area contributed by atoms with Crippen LogP contribution in [0, 0.1) is 5.92 Å². The number of nitrogens with one attached hydrogen (secondary N) is 1. The maximum Gasteiger partial charge on any atom is 0.225 e. The summed E-state index contributed by atoms with van der Waals surface area (Å²) < 4.78 is 5.15. The Bertz CT molecular complexity index is 585. The van der Waals surface area contributed by atoms with Gasteiger partial charge in [-0.1, -0.05) is 20.8 Å². The van der Waals surface area contributed by atoms with Gasteiger partial charge in [-0.2, -0.15) is 0 Å². The molecule has 0 unspecified atom stereocenters. The Labute approximate surface area is 151 Å². The third-order valence-corrected chi connectivity index (χ3v) is 3.90. The summed E-state index contributed by atoms with van der Waals surface area (Å²) in [6.07, 6.45) is 0.427. The summed E-state index contributed by atoms with van der Waals surface area (Å²) in [5.74, 6) is -0.0227. The average molecular weight is 349 g/mol. The van der Waals surface area contributed by atoms with Crippen molar-refractivity contribution >= 4 is 23.2 Å². The van der Waals surface area contributed by atoms with E-state index in [1.165, 1.54) is 0 Å². The van der Waals surface area contributed by atoms with E-state index in [9.17, 15) is 9.59 Å². The SMILES string of the molecule is CCC(=O)Nc1ccc(N(C)C)c(CN(CCOC)C(=O)C(C)C)c1. The van der Waals surface area contributed by atoms with Gasteiger partial charge in [-0.05, 0) is 23.8 Å². The minimum atomic E-state index is -0.0809. The first kappa shape index (κ1) is 21.0. The smallest absolute Gasteiger partial charge is 0.225 e. The number of hydrogen-bond acceptors (Lipinski definition) is 4. The quantitative estimate of drug-likeness (QED) is 0.745. The van der Waals surface area contributed by atoms with E-state index in [-0.39, 0.29) is 17.7 Å². The van der Waals surface area contributed by atoms with Crippen LogP contribution in [0.4, 0.5) is 11.4 Å². The largest absolute Gasteiger partial charge is 0.383 e. The predicted molar refractivity (Wildman–Crippen MR) is 102 cm³/mol. The van der Waals surface area contributed by atoms with Crippen LogP contribution in [-0.4, -0.2) is 51.1 Å².